The summed E-state index contributed by atoms with van der Waals surface area (Å²) in [5, 5.41) is 15.8. The molecule has 0 saturated carbocycles. The molecule has 0 bridgehead atoms. The number of thiophene rings is 1. The van der Waals surface area contributed by atoms with E-state index >= 15 is 0 Å². The van der Waals surface area contributed by atoms with E-state index in [1.807, 2.05) is 55.5 Å². The Morgan fingerprint density at radius 2 is 1.98 bits per heavy atom. The zero-order valence-electron chi connectivity index (χ0n) is 22.4. The number of para-hydroxylation sites is 1. The third kappa shape index (κ3) is 5.21. The van der Waals surface area contributed by atoms with Gasteiger partial charge in [-0.3, -0.25) is 14.5 Å². The highest BCUT2D eigenvalue weighted by Gasteiger charge is 2.34. The Balaban J connectivity index is 1.27. The summed E-state index contributed by atoms with van der Waals surface area (Å²) in [5.41, 5.74) is 2.61. The number of hydrogen-bond acceptors (Lipinski definition) is 7. The van der Waals surface area contributed by atoms with Crippen LogP contribution in [0.4, 0.5) is 21.9 Å². The molecule has 1 saturated heterocycles. The van der Waals surface area contributed by atoms with E-state index in [1.54, 1.807) is 22.1 Å². The summed E-state index contributed by atoms with van der Waals surface area (Å²) < 4.78 is 5.96. The Hall–Kier alpha value is -4.48. The highest BCUT2D eigenvalue weighted by atomic mass is 32.1. The van der Waals surface area contributed by atoms with Crippen molar-refractivity contribution in [3.63, 3.8) is 0 Å². The van der Waals surface area contributed by atoms with Crippen molar-refractivity contribution < 1.29 is 24.2 Å². The first-order chi connectivity index (χ1) is 19.9. The summed E-state index contributed by atoms with van der Waals surface area (Å²) >= 11 is 1.22. The van der Waals surface area contributed by atoms with Crippen LogP contribution in [0.15, 0.2) is 60.8 Å². The molecule has 6 rings (SSSR count). The third-order valence-electron chi connectivity index (χ3n) is 7.28. The Morgan fingerprint density at radius 1 is 1.15 bits per heavy atom. The standard InChI is InChI=1S/C30H29N5O5S/c1-18-16-21(40-20-7-3-2-4-8-20)9-10-22(18)35-23-11-13-31-29-25(23)26(33-30(35)39)27(41-29)28(38)32-19-6-5-14-34(17-19)24(37)12-15-36/h2-4,7-11,13,16,19,36H,5-6,12,14-15,17H2,1H3,(H,32,38)(H,33,39)/t19-/m1/s1. The van der Waals surface area contributed by atoms with Gasteiger partial charge in [-0.15, -0.1) is 11.3 Å². The van der Waals surface area contributed by atoms with E-state index in [2.05, 4.69) is 15.6 Å². The number of aliphatic hydroxyl groups excluding tert-OH is 1. The quantitative estimate of drug-likeness (QED) is 0.281. The van der Waals surface area contributed by atoms with Crippen molar-refractivity contribution in [3.05, 3.63) is 71.2 Å². The molecule has 1 fully saturated rings. The maximum absolute atomic E-state index is 13.5. The van der Waals surface area contributed by atoms with Crippen molar-refractivity contribution >= 4 is 56.5 Å². The van der Waals surface area contributed by atoms with Gasteiger partial charge in [0.05, 0.1) is 29.1 Å². The summed E-state index contributed by atoms with van der Waals surface area (Å²) in [5.74, 6) is 0.934. The molecule has 4 amide bonds. The van der Waals surface area contributed by atoms with Gasteiger partial charge in [0.15, 0.2) is 0 Å². The number of aryl methyl sites for hydroxylation is 1. The van der Waals surface area contributed by atoms with Crippen molar-refractivity contribution in [1.82, 2.24) is 15.2 Å². The van der Waals surface area contributed by atoms with Crippen LogP contribution in [0.5, 0.6) is 11.5 Å². The number of amides is 4. The maximum atomic E-state index is 13.5. The fraction of sp³-hybridized carbons (Fsp3) is 0.267. The Morgan fingerprint density at radius 3 is 2.76 bits per heavy atom. The monoisotopic (exact) mass is 571 g/mol. The molecule has 210 valence electrons. The van der Waals surface area contributed by atoms with Gasteiger partial charge in [0, 0.05) is 31.7 Å². The minimum absolute atomic E-state index is 0.0698. The van der Waals surface area contributed by atoms with Gasteiger partial charge in [0.2, 0.25) is 5.91 Å². The fourth-order valence-corrected chi connectivity index (χ4v) is 6.40. The van der Waals surface area contributed by atoms with Crippen LogP contribution in [0.1, 0.15) is 34.5 Å². The van der Waals surface area contributed by atoms with E-state index in [0.29, 0.717) is 51.0 Å². The van der Waals surface area contributed by atoms with Gasteiger partial charge in [0.1, 0.15) is 21.2 Å². The summed E-state index contributed by atoms with van der Waals surface area (Å²) in [7, 11) is 0. The molecule has 0 unspecified atom stereocenters. The Bertz CT molecular complexity index is 1640. The molecule has 2 aromatic carbocycles. The third-order valence-corrected chi connectivity index (χ3v) is 8.37. The number of nitrogens with one attached hydrogen (secondary N) is 2. The average molecular weight is 572 g/mol. The van der Waals surface area contributed by atoms with Gasteiger partial charge in [0.25, 0.3) is 5.91 Å². The summed E-state index contributed by atoms with van der Waals surface area (Å²) in [6, 6.07) is 16.2. The largest absolute Gasteiger partial charge is 0.457 e. The van der Waals surface area contributed by atoms with Crippen molar-refractivity contribution in [2.24, 2.45) is 0 Å². The molecule has 2 aliphatic heterocycles. The number of piperidine rings is 1. The van der Waals surface area contributed by atoms with Crippen molar-refractivity contribution in [3.8, 4) is 11.5 Å². The van der Waals surface area contributed by atoms with Crippen molar-refractivity contribution in [1.29, 1.82) is 0 Å². The lowest BCUT2D eigenvalue weighted by atomic mass is 10.0. The molecule has 4 aromatic rings. The van der Waals surface area contributed by atoms with Crippen LogP contribution in [0, 0.1) is 6.92 Å². The predicted molar refractivity (Wildman–Crippen MR) is 157 cm³/mol. The highest BCUT2D eigenvalue weighted by molar-refractivity contribution is 7.21. The molecule has 11 heteroatoms. The second kappa shape index (κ2) is 11.2. The Labute approximate surface area is 240 Å². The average Bonchev–Trinajstić information content (AvgIpc) is 3.34. The number of carbonyl (C=O) groups is 3. The van der Waals surface area contributed by atoms with Crippen LogP contribution in [-0.2, 0) is 4.79 Å². The number of rotatable bonds is 7. The normalized spacial score (nSPS) is 16.4. The van der Waals surface area contributed by atoms with Gasteiger partial charge in [-0.1, -0.05) is 18.2 Å². The number of likely N-dealkylation sites (tertiary alicyclic amines) is 1. The molecule has 4 heterocycles. The van der Waals surface area contributed by atoms with E-state index in [9.17, 15) is 14.4 Å². The molecule has 2 aromatic heterocycles. The zero-order valence-corrected chi connectivity index (χ0v) is 23.2. The van der Waals surface area contributed by atoms with Gasteiger partial charge < -0.3 is 25.4 Å². The molecule has 0 spiro atoms. The van der Waals surface area contributed by atoms with Crippen LogP contribution in [-0.4, -0.2) is 58.6 Å². The zero-order chi connectivity index (χ0) is 28.5. The molecule has 10 nitrogen and oxygen atoms in total. The van der Waals surface area contributed by atoms with E-state index < -0.39 is 0 Å². The number of anilines is 3. The van der Waals surface area contributed by atoms with Gasteiger partial charge in [-0.05, 0) is 61.7 Å². The number of aromatic nitrogens is 1. The minimum Gasteiger partial charge on any atom is -0.457 e. The number of ether oxygens (including phenoxy) is 1. The highest BCUT2D eigenvalue weighted by Crippen LogP contribution is 2.46. The summed E-state index contributed by atoms with van der Waals surface area (Å²) in [6.07, 6.45) is 3.20. The van der Waals surface area contributed by atoms with E-state index in [-0.39, 0.29) is 36.9 Å². The first kappa shape index (κ1) is 26.7. The number of benzene rings is 2. The van der Waals surface area contributed by atoms with Crippen LogP contribution in [0.25, 0.3) is 10.2 Å². The molecule has 2 aliphatic rings. The van der Waals surface area contributed by atoms with Gasteiger partial charge in [-0.25, -0.2) is 9.78 Å². The predicted octanol–water partition coefficient (Wildman–Crippen LogP) is 5.18. The number of aliphatic hydroxyl groups is 1. The number of hydrogen-bond donors (Lipinski definition) is 3. The van der Waals surface area contributed by atoms with Crippen LogP contribution < -0.4 is 20.3 Å². The smallest absolute Gasteiger partial charge is 0.331 e. The lowest BCUT2D eigenvalue weighted by Gasteiger charge is -2.33. The summed E-state index contributed by atoms with van der Waals surface area (Å²) in [6.45, 7) is 2.71. The molecular weight excluding hydrogens is 542 g/mol. The number of carbonyl (C=O) groups excluding carboxylic acids is 3. The molecule has 3 N–H and O–H groups in total. The lowest BCUT2D eigenvalue weighted by molar-refractivity contribution is -0.133. The number of urea groups is 1. The molecule has 0 radical (unpaired) electrons. The lowest BCUT2D eigenvalue weighted by Crippen LogP contribution is -2.49. The van der Waals surface area contributed by atoms with Crippen molar-refractivity contribution in [2.75, 3.05) is 29.9 Å². The van der Waals surface area contributed by atoms with Gasteiger partial charge in [-0.2, -0.15) is 0 Å². The van der Waals surface area contributed by atoms with E-state index in [1.165, 1.54) is 11.3 Å². The van der Waals surface area contributed by atoms with Crippen LogP contribution in [0.2, 0.25) is 0 Å². The maximum Gasteiger partial charge on any atom is 0.331 e. The van der Waals surface area contributed by atoms with Crippen LogP contribution >= 0.6 is 11.3 Å². The second-order valence-corrected chi connectivity index (χ2v) is 11.1. The molecular formula is C30H29N5O5S. The second-order valence-electron chi connectivity index (χ2n) is 10.1. The van der Waals surface area contributed by atoms with Gasteiger partial charge >= 0.3 is 6.03 Å². The van der Waals surface area contributed by atoms with E-state index in [0.717, 1.165) is 24.2 Å². The van der Waals surface area contributed by atoms with E-state index in [4.69, 9.17) is 9.84 Å². The Kier molecular flexibility index (Phi) is 7.29. The first-order valence-corrected chi connectivity index (χ1v) is 14.3. The number of pyridine rings is 1. The molecule has 1 atom stereocenters. The van der Waals surface area contributed by atoms with Crippen molar-refractivity contribution in [2.45, 2.75) is 32.2 Å². The summed E-state index contributed by atoms with van der Waals surface area (Å²) in [4.78, 5) is 48.0. The molecule has 41 heavy (non-hydrogen) atoms. The van der Waals surface area contributed by atoms with Crippen LogP contribution in [0.3, 0.4) is 0 Å². The minimum atomic E-state index is -0.379. The first-order valence-electron chi connectivity index (χ1n) is 13.5. The molecule has 0 aliphatic carbocycles. The fourth-order valence-electron chi connectivity index (χ4n) is 5.38. The number of nitrogens with zero attached hydrogens (tertiary/aromatic N) is 3. The SMILES string of the molecule is Cc1cc(Oc2ccccc2)ccc1N1C(=O)Nc2c(C(=O)N[C@@H]3CCCN(C(=O)CCO)C3)sc3nccc1c23. The topological polar surface area (TPSA) is 124 Å².